The second-order valence-corrected chi connectivity index (χ2v) is 5.90. The highest BCUT2D eigenvalue weighted by Gasteiger charge is 2.29. The molecule has 1 unspecified atom stereocenters. The van der Waals surface area contributed by atoms with Crippen LogP contribution in [-0.2, 0) is 20.7 Å². The molecule has 1 N–H and O–H groups in total. The number of carbonyl (C=O) groups is 2. The maximum absolute atomic E-state index is 12.5. The fourth-order valence-corrected chi connectivity index (χ4v) is 2.63. The van der Waals surface area contributed by atoms with Crippen LogP contribution in [0.3, 0.4) is 0 Å². The van der Waals surface area contributed by atoms with Crippen LogP contribution in [0.25, 0.3) is 0 Å². The Morgan fingerprint density at radius 3 is 2.91 bits per heavy atom. The van der Waals surface area contributed by atoms with Crippen LogP contribution in [0.15, 0.2) is 24.3 Å². The second kappa shape index (κ2) is 7.97. The van der Waals surface area contributed by atoms with Gasteiger partial charge in [0.2, 0.25) is 5.91 Å². The van der Waals surface area contributed by atoms with Gasteiger partial charge in [-0.2, -0.15) is 0 Å². The van der Waals surface area contributed by atoms with Crippen LogP contribution in [0.2, 0.25) is 0 Å². The summed E-state index contributed by atoms with van der Waals surface area (Å²) in [6.07, 6.45) is 0.202. The van der Waals surface area contributed by atoms with Gasteiger partial charge >= 0.3 is 5.97 Å². The summed E-state index contributed by atoms with van der Waals surface area (Å²) in [5.41, 5.74) is 0.855. The van der Waals surface area contributed by atoms with Crippen LogP contribution in [-0.4, -0.2) is 53.8 Å². The van der Waals surface area contributed by atoms with E-state index in [0.717, 1.165) is 11.3 Å². The summed E-state index contributed by atoms with van der Waals surface area (Å²) in [5.74, 6) is -0.277. The Kier molecular flexibility index (Phi) is 5.98. The van der Waals surface area contributed by atoms with Crippen molar-refractivity contribution in [2.75, 3.05) is 19.8 Å². The zero-order valence-corrected chi connectivity index (χ0v) is 13.5. The van der Waals surface area contributed by atoms with Crippen molar-refractivity contribution in [3.05, 3.63) is 29.8 Å². The quantitative estimate of drug-likeness (QED) is 0.863. The number of morpholine rings is 1. The van der Waals surface area contributed by atoms with Crippen molar-refractivity contribution in [3.63, 3.8) is 0 Å². The minimum atomic E-state index is -0.925. The molecule has 1 fully saturated rings. The molecule has 1 aliphatic heterocycles. The van der Waals surface area contributed by atoms with Gasteiger partial charge in [-0.15, -0.1) is 0 Å². The molecule has 23 heavy (non-hydrogen) atoms. The van der Waals surface area contributed by atoms with Crippen molar-refractivity contribution in [1.29, 1.82) is 0 Å². The van der Waals surface area contributed by atoms with Gasteiger partial charge in [0.15, 0.2) is 0 Å². The third-order valence-corrected chi connectivity index (χ3v) is 3.58. The Bertz CT molecular complexity index is 558. The van der Waals surface area contributed by atoms with Crippen molar-refractivity contribution in [2.24, 2.45) is 0 Å². The third-order valence-electron chi connectivity index (χ3n) is 3.58. The average molecular weight is 321 g/mol. The molecule has 0 radical (unpaired) electrons. The highest BCUT2D eigenvalue weighted by Crippen LogP contribution is 2.18. The Balaban J connectivity index is 2.03. The molecule has 1 heterocycles. The summed E-state index contributed by atoms with van der Waals surface area (Å²) < 4.78 is 10.9. The minimum absolute atomic E-state index is 0.0696. The third kappa shape index (κ3) is 5.25. The fourth-order valence-electron chi connectivity index (χ4n) is 2.63. The number of hydrogen-bond acceptors (Lipinski definition) is 4. The number of aliphatic carboxylic acids is 1. The molecular formula is C17H23NO5. The lowest BCUT2D eigenvalue weighted by Crippen LogP contribution is -2.50. The van der Waals surface area contributed by atoms with Crippen LogP contribution >= 0.6 is 0 Å². The molecule has 6 heteroatoms. The van der Waals surface area contributed by atoms with E-state index in [-0.39, 0.29) is 31.5 Å². The number of benzene rings is 1. The van der Waals surface area contributed by atoms with Crippen LogP contribution in [0.1, 0.15) is 25.8 Å². The summed E-state index contributed by atoms with van der Waals surface area (Å²) in [6, 6.07) is 7.04. The number of amides is 1. The average Bonchev–Trinajstić information content (AvgIpc) is 2.46. The predicted molar refractivity (Wildman–Crippen MR) is 84.5 cm³/mol. The Hall–Kier alpha value is -2.08. The molecule has 1 saturated heterocycles. The van der Waals surface area contributed by atoms with Gasteiger partial charge in [-0.1, -0.05) is 12.1 Å². The SMILES string of the molecule is CC(C)Oc1cccc(CC(=O)N2CCOCC2CC(=O)O)c1. The second-order valence-electron chi connectivity index (χ2n) is 5.90. The van der Waals surface area contributed by atoms with E-state index in [1.54, 1.807) is 4.90 Å². The lowest BCUT2D eigenvalue weighted by atomic mass is 10.1. The number of carboxylic acid groups (broad SMARTS) is 1. The molecule has 1 aliphatic rings. The monoisotopic (exact) mass is 321 g/mol. The maximum atomic E-state index is 12.5. The van der Waals surface area contributed by atoms with Crippen molar-refractivity contribution in [3.8, 4) is 5.75 Å². The van der Waals surface area contributed by atoms with E-state index in [1.165, 1.54) is 0 Å². The van der Waals surface area contributed by atoms with Gasteiger partial charge in [0.1, 0.15) is 5.75 Å². The molecule has 2 rings (SSSR count). The molecule has 0 spiro atoms. The Morgan fingerprint density at radius 1 is 1.43 bits per heavy atom. The zero-order valence-electron chi connectivity index (χ0n) is 13.5. The van der Waals surface area contributed by atoms with Gasteiger partial charge < -0.3 is 19.5 Å². The van der Waals surface area contributed by atoms with Gasteiger partial charge in [-0.25, -0.2) is 0 Å². The summed E-state index contributed by atoms with van der Waals surface area (Å²) >= 11 is 0. The summed E-state index contributed by atoms with van der Waals surface area (Å²) in [4.78, 5) is 25.1. The van der Waals surface area contributed by atoms with E-state index in [4.69, 9.17) is 14.6 Å². The van der Waals surface area contributed by atoms with E-state index in [2.05, 4.69) is 0 Å². The van der Waals surface area contributed by atoms with Gasteiger partial charge in [-0.05, 0) is 31.5 Å². The number of nitrogens with zero attached hydrogens (tertiary/aromatic N) is 1. The van der Waals surface area contributed by atoms with E-state index in [9.17, 15) is 9.59 Å². The Morgan fingerprint density at radius 2 is 2.22 bits per heavy atom. The first kappa shape index (κ1) is 17.3. The number of hydrogen-bond donors (Lipinski definition) is 1. The van der Waals surface area contributed by atoms with E-state index >= 15 is 0 Å². The maximum Gasteiger partial charge on any atom is 0.305 e. The molecule has 126 valence electrons. The molecule has 1 aromatic carbocycles. The fraction of sp³-hybridized carbons (Fsp3) is 0.529. The highest BCUT2D eigenvalue weighted by molar-refractivity contribution is 5.80. The largest absolute Gasteiger partial charge is 0.491 e. The predicted octanol–water partition coefficient (Wildman–Crippen LogP) is 1.72. The lowest BCUT2D eigenvalue weighted by Gasteiger charge is -2.35. The minimum Gasteiger partial charge on any atom is -0.491 e. The number of carboxylic acids is 1. The molecule has 6 nitrogen and oxygen atoms in total. The molecule has 1 atom stereocenters. The van der Waals surface area contributed by atoms with Crippen LogP contribution in [0.5, 0.6) is 5.75 Å². The van der Waals surface area contributed by atoms with Crippen molar-refractivity contribution < 1.29 is 24.2 Å². The van der Waals surface area contributed by atoms with Crippen molar-refractivity contribution in [1.82, 2.24) is 4.90 Å². The summed E-state index contributed by atoms with van der Waals surface area (Å²) in [5, 5.41) is 8.97. The van der Waals surface area contributed by atoms with Crippen molar-refractivity contribution in [2.45, 2.75) is 38.8 Å². The van der Waals surface area contributed by atoms with Gasteiger partial charge in [0.25, 0.3) is 0 Å². The van der Waals surface area contributed by atoms with E-state index in [0.29, 0.717) is 13.2 Å². The normalized spacial score (nSPS) is 18.0. The lowest BCUT2D eigenvalue weighted by molar-refractivity contribution is -0.145. The molecule has 0 bridgehead atoms. The van der Waals surface area contributed by atoms with E-state index < -0.39 is 12.0 Å². The van der Waals surface area contributed by atoms with Gasteiger partial charge in [0.05, 0.1) is 38.2 Å². The smallest absolute Gasteiger partial charge is 0.305 e. The van der Waals surface area contributed by atoms with Gasteiger partial charge in [0, 0.05) is 6.54 Å². The molecule has 0 aliphatic carbocycles. The van der Waals surface area contributed by atoms with Crippen LogP contribution < -0.4 is 4.74 Å². The molecule has 0 aromatic heterocycles. The van der Waals surface area contributed by atoms with Gasteiger partial charge in [-0.3, -0.25) is 9.59 Å². The molecular weight excluding hydrogens is 298 g/mol. The number of rotatable bonds is 6. The van der Waals surface area contributed by atoms with Crippen LogP contribution in [0.4, 0.5) is 0 Å². The zero-order chi connectivity index (χ0) is 16.8. The first-order chi connectivity index (χ1) is 11.0. The van der Waals surface area contributed by atoms with Crippen LogP contribution in [0, 0.1) is 0 Å². The Labute approximate surface area is 136 Å². The first-order valence-electron chi connectivity index (χ1n) is 7.80. The topological polar surface area (TPSA) is 76.1 Å². The first-order valence-corrected chi connectivity index (χ1v) is 7.80. The molecule has 0 saturated carbocycles. The number of ether oxygens (including phenoxy) is 2. The van der Waals surface area contributed by atoms with E-state index in [1.807, 2.05) is 38.1 Å². The standard InChI is InChI=1S/C17H23NO5/c1-12(2)23-15-5-3-4-13(8-15)9-16(19)18-6-7-22-11-14(18)10-17(20)21/h3-5,8,12,14H,6-7,9-11H2,1-2H3,(H,20,21). The highest BCUT2D eigenvalue weighted by atomic mass is 16.5. The number of carbonyl (C=O) groups excluding carboxylic acids is 1. The summed E-state index contributed by atoms with van der Waals surface area (Å²) in [6.45, 7) is 5.04. The van der Waals surface area contributed by atoms with Crippen molar-refractivity contribution >= 4 is 11.9 Å². The summed E-state index contributed by atoms with van der Waals surface area (Å²) in [7, 11) is 0. The molecule has 1 amide bonds. The molecule has 1 aromatic rings.